The molecule has 0 saturated heterocycles. The normalized spacial score (nSPS) is 11.7. The van der Waals surface area contributed by atoms with Crippen LogP contribution in [0, 0.1) is 0 Å². The van der Waals surface area contributed by atoms with Crippen molar-refractivity contribution >= 4 is 82.4 Å². The maximum atomic E-state index is 6.42. The molecule has 0 bridgehead atoms. The average molecular weight is 829 g/mol. The average Bonchev–Trinajstić information content (AvgIpc) is 3.93. The Morgan fingerprint density at radius 3 is 1.66 bits per heavy atom. The summed E-state index contributed by atoms with van der Waals surface area (Å²) in [6.45, 7) is 0. The van der Waals surface area contributed by atoms with Gasteiger partial charge in [0, 0.05) is 44.2 Å². The van der Waals surface area contributed by atoms with Gasteiger partial charge < -0.3 is 13.9 Å². The Bertz CT molecular complexity index is 3900. The second-order valence-electron chi connectivity index (χ2n) is 16.8. The Balaban J connectivity index is 0.957. The first-order valence-electron chi connectivity index (χ1n) is 22.2. The molecule has 0 aliphatic carbocycles. The van der Waals surface area contributed by atoms with Crippen LogP contribution in [-0.4, -0.2) is 4.57 Å². The zero-order valence-corrected chi connectivity index (χ0v) is 35.4. The molecule has 13 aromatic rings. The van der Waals surface area contributed by atoms with E-state index in [4.69, 9.17) is 4.42 Å². The van der Waals surface area contributed by atoms with Crippen molar-refractivity contribution in [1.29, 1.82) is 0 Å². The van der Waals surface area contributed by atoms with Gasteiger partial charge in [0.05, 0.1) is 16.7 Å². The van der Waals surface area contributed by atoms with Gasteiger partial charge in [-0.15, -0.1) is 0 Å². The van der Waals surface area contributed by atoms with Crippen molar-refractivity contribution in [3.8, 4) is 39.1 Å². The summed E-state index contributed by atoms with van der Waals surface area (Å²) in [6.07, 6.45) is 0. The molecular weight excluding hydrogens is 789 g/mol. The van der Waals surface area contributed by atoms with E-state index in [1.807, 2.05) is 6.07 Å². The molecule has 0 spiro atoms. The number of fused-ring (bicyclic) bond motifs is 9. The highest BCUT2D eigenvalue weighted by Crippen LogP contribution is 2.46. The van der Waals surface area contributed by atoms with E-state index >= 15 is 0 Å². The summed E-state index contributed by atoms with van der Waals surface area (Å²) in [5.74, 6) is 0. The minimum atomic E-state index is 0.878. The Morgan fingerprint density at radius 2 is 0.892 bits per heavy atom. The van der Waals surface area contributed by atoms with Crippen LogP contribution in [0.4, 0.5) is 17.1 Å². The quantitative estimate of drug-likeness (QED) is 0.149. The van der Waals surface area contributed by atoms with Gasteiger partial charge >= 0.3 is 0 Å². The third-order valence-corrected chi connectivity index (χ3v) is 13.2. The van der Waals surface area contributed by atoms with Crippen molar-refractivity contribution in [3.63, 3.8) is 0 Å². The van der Waals surface area contributed by atoms with E-state index in [2.05, 4.69) is 246 Å². The van der Waals surface area contributed by atoms with E-state index in [0.717, 1.165) is 72.5 Å². The van der Waals surface area contributed by atoms with E-state index in [1.165, 1.54) is 48.9 Å². The lowest BCUT2D eigenvalue weighted by molar-refractivity contribution is 0.669. The molecule has 304 valence electrons. The van der Waals surface area contributed by atoms with Crippen molar-refractivity contribution in [3.05, 3.63) is 243 Å². The third-order valence-electron chi connectivity index (χ3n) is 13.2. The fraction of sp³-hybridized carbons (Fsp3) is 0. The second kappa shape index (κ2) is 15.0. The second-order valence-corrected chi connectivity index (χ2v) is 16.8. The van der Waals surface area contributed by atoms with Crippen LogP contribution in [0.25, 0.3) is 104 Å². The summed E-state index contributed by atoms with van der Waals surface area (Å²) in [5.41, 5.74) is 15.5. The number of para-hydroxylation sites is 4. The van der Waals surface area contributed by atoms with Crippen LogP contribution in [0.15, 0.2) is 247 Å². The number of furan rings is 1. The smallest absolute Gasteiger partial charge is 0.136 e. The van der Waals surface area contributed by atoms with Crippen molar-refractivity contribution in [1.82, 2.24) is 4.57 Å². The first kappa shape index (κ1) is 36.9. The van der Waals surface area contributed by atoms with E-state index < -0.39 is 0 Å². The van der Waals surface area contributed by atoms with E-state index in [-0.39, 0.29) is 0 Å². The van der Waals surface area contributed by atoms with Crippen LogP contribution in [0.1, 0.15) is 0 Å². The summed E-state index contributed by atoms with van der Waals surface area (Å²) >= 11 is 0. The van der Waals surface area contributed by atoms with Gasteiger partial charge in [-0.25, -0.2) is 0 Å². The lowest BCUT2D eigenvalue weighted by atomic mass is 9.93. The molecule has 11 aromatic carbocycles. The van der Waals surface area contributed by atoms with Gasteiger partial charge in [-0.2, -0.15) is 0 Å². The molecule has 0 saturated carbocycles. The summed E-state index contributed by atoms with van der Waals surface area (Å²) in [6, 6.07) is 87.7. The lowest BCUT2D eigenvalue weighted by Crippen LogP contribution is -2.11. The number of benzene rings is 11. The van der Waals surface area contributed by atoms with Crippen LogP contribution in [-0.2, 0) is 0 Å². The summed E-state index contributed by atoms with van der Waals surface area (Å²) in [5, 5.41) is 9.74. The minimum absolute atomic E-state index is 0.878. The molecule has 3 nitrogen and oxygen atoms in total. The highest BCUT2D eigenvalue weighted by Gasteiger charge is 2.21. The third kappa shape index (κ3) is 6.05. The van der Waals surface area contributed by atoms with E-state index in [9.17, 15) is 0 Å². The van der Waals surface area contributed by atoms with Crippen molar-refractivity contribution in [2.75, 3.05) is 4.90 Å². The molecule has 0 unspecified atom stereocenters. The molecule has 0 aliphatic heterocycles. The van der Waals surface area contributed by atoms with Crippen LogP contribution in [0.5, 0.6) is 0 Å². The predicted molar refractivity (Wildman–Crippen MR) is 274 cm³/mol. The van der Waals surface area contributed by atoms with Crippen molar-refractivity contribution < 1.29 is 4.42 Å². The standard InChI is InChI=1S/C62H40N2O/c1-2-18-48-44(15-1)40-56(50-20-4-3-19-49(48)50)43-16-13-17-47(39-43)63(57-26-9-7-23-53(57)54-25-14-30-61-62(54)55-24-8-12-29-60(55)65-61)45-35-31-41(32-36-45)42-33-37-46(38-34-42)64-58-27-10-5-21-51(58)52-22-6-11-28-59(52)64/h1-40H. The number of nitrogens with zero attached hydrogens (tertiary/aromatic N) is 2. The first-order valence-corrected chi connectivity index (χ1v) is 22.2. The molecule has 0 radical (unpaired) electrons. The van der Waals surface area contributed by atoms with Gasteiger partial charge in [0.25, 0.3) is 0 Å². The van der Waals surface area contributed by atoms with Crippen LogP contribution in [0.3, 0.4) is 0 Å². The van der Waals surface area contributed by atoms with Crippen LogP contribution in [0.2, 0.25) is 0 Å². The molecule has 0 amide bonds. The van der Waals surface area contributed by atoms with Crippen molar-refractivity contribution in [2.24, 2.45) is 0 Å². The SMILES string of the molecule is c1cc(-c2cc3ccccc3c3ccccc23)cc(N(c2ccc(-c3ccc(-n4c5ccccc5c5ccccc54)cc3)cc2)c2ccccc2-c2cccc3oc4ccccc4c23)c1. The lowest BCUT2D eigenvalue weighted by Gasteiger charge is -2.29. The number of rotatable bonds is 7. The number of hydrogen-bond acceptors (Lipinski definition) is 2. The molecular formula is C62H40N2O. The molecule has 13 rings (SSSR count). The Kier molecular flexibility index (Phi) is 8.53. The van der Waals surface area contributed by atoms with Gasteiger partial charge in [0.1, 0.15) is 11.2 Å². The van der Waals surface area contributed by atoms with Gasteiger partial charge in [-0.1, -0.05) is 170 Å². The molecule has 65 heavy (non-hydrogen) atoms. The highest BCUT2D eigenvalue weighted by atomic mass is 16.3. The van der Waals surface area contributed by atoms with E-state index in [0.29, 0.717) is 0 Å². The van der Waals surface area contributed by atoms with Gasteiger partial charge in [0.2, 0.25) is 0 Å². The maximum Gasteiger partial charge on any atom is 0.136 e. The van der Waals surface area contributed by atoms with Crippen LogP contribution < -0.4 is 4.90 Å². The van der Waals surface area contributed by atoms with E-state index in [1.54, 1.807) is 0 Å². The summed E-state index contributed by atoms with van der Waals surface area (Å²) < 4.78 is 8.79. The predicted octanol–water partition coefficient (Wildman–Crippen LogP) is 17.5. The molecule has 0 N–H and O–H groups in total. The fourth-order valence-corrected chi connectivity index (χ4v) is 10.2. The zero-order chi connectivity index (χ0) is 42.8. The summed E-state index contributed by atoms with van der Waals surface area (Å²) in [7, 11) is 0. The Labute approximate surface area is 376 Å². The molecule has 3 heteroatoms. The molecule has 2 heterocycles. The minimum Gasteiger partial charge on any atom is -0.456 e. The number of aromatic nitrogens is 1. The largest absolute Gasteiger partial charge is 0.456 e. The topological polar surface area (TPSA) is 21.3 Å². The number of hydrogen-bond donors (Lipinski definition) is 0. The Hall–Kier alpha value is -8.66. The number of anilines is 3. The first-order chi connectivity index (χ1) is 32.2. The molecule has 0 aliphatic rings. The molecule has 2 aromatic heterocycles. The van der Waals surface area contributed by atoms with Gasteiger partial charge in [0.15, 0.2) is 0 Å². The van der Waals surface area contributed by atoms with Gasteiger partial charge in [-0.3, -0.25) is 0 Å². The molecule has 0 fully saturated rings. The summed E-state index contributed by atoms with van der Waals surface area (Å²) in [4.78, 5) is 2.41. The highest BCUT2D eigenvalue weighted by molar-refractivity contribution is 6.15. The van der Waals surface area contributed by atoms with Crippen molar-refractivity contribution in [2.45, 2.75) is 0 Å². The van der Waals surface area contributed by atoms with Gasteiger partial charge in [-0.05, 0) is 122 Å². The molecule has 0 atom stereocenters. The fourth-order valence-electron chi connectivity index (χ4n) is 10.2. The monoisotopic (exact) mass is 828 g/mol. The Morgan fingerprint density at radius 1 is 0.323 bits per heavy atom. The maximum absolute atomic E-state index is 6.42. The zero-order valence-electron chi connectivity index (χ0n) is 35.4. The van der Waals surface area contributed by atoms with Crippen LogP contribution >= 0.6 is 0 Å².